The van der Waals surface area contributed by atoms with Gasteiger partial charge in [-0.3, -0.25) is 9.59 Å². The highest BCUT2D eigenvalue weighted by molar-refractivity contribution is 7.92. The fraction of sp³-hybridized carbons (Fsp3) is 0.818. The number of nitrogens with zero attached hydrogens (tertiary/aromatic N) is 1. The van der Waals surface area contributed by atoms with Gasteiger partial charge in [0, 0.05) is 19.5 Å². The summed E-state index contributed by atoms with van der Waals surface area (Å²) in [5.74, 6) is -0.481. The van der Waals surface area contributed by atoms with Gasteiger partial charge in [-0.2, -0.15) is 0 Å². The molecule has 1 saturated heterocycles. The Morgan fingerprint density at radius 3 is 2.44 bits per heavy atom. The lowest BCUT2D eigenvalue weighted by Crippen LogP contribution is -2.41. The van der Waals surface area contributed by atoms with Crippen molar-refractivity contribution in [2.75, 3.05) is 25.4 Å². The van der Waals surface area contributed by atoms with Crippen molar-refractivity contribution < 1.29 is 18.0 Å². The smallest absolute Gasteiger partial charge is 0.242 e. The SMILES string of the molecule is CC(C)(C)S(=O)(=O)CCN1CCC(=O)NCC1=O. The quantitative estimate of drug-likeness (QED) is 0.756. The van der Waals surface area contributed by atoms with E-state index in [1.165, 1.54) is 4.90 Å². The first-order valence-corrected chi connectivity index (χ1v) is 7.55. The fourth-order valence-corrected chi connectivity index (χ4v) is 2.58. The third kappa shape index (κ3) is 3.69. The van der Waals surface area contributed by atoms with E-state index in [2.05, 4.69) is 5.32 Å². The van der Waals surface area contributed by atoms with Crippen molar-refractivity contribution in [3.63, 3.8) is 0 Å². The Balaban J connectivity index is 2.63. The standard InChI is InChI=1S/C11H20N2O4S/c1-11(2,3)18(16,17)7-6-13-5-4-9(14)12-8-10(13)15/h4-8H2,1-3H3,(H,12,14). The summed E-state index contributed by atoms with van der Waals surface area (Å²) in [7, 11) is -3.25. The molecular formula is C11H20N2O4S. The van der Waals surface area contributed by atoms with Crippen LogP contribution in [0.5, 0.6) is 0 Å². The van der Waals surface area contributed by atoms with Gasteiger partial charge in [-0.25, -0.2) is 8.42 Å². The molecule has 0 unspecified atom stereocenters. The minimum absolute atomic E-state index is 0.0472. The van der Waals surface area contributed by atoms with Gasteiger partial charge in [-0.1, -0.05) is 0 Å². The molecule has 1 aliphatic rings. The minimum Gasteiger partial charge on any atom is -0.347 e. The first-order valence-electron chi connectivity index (χ1n) is 5.90. The normalized spacial score (nSPS) is 18.5. The van der Waals surface area contributed by atoms with E-state index in [1.54, 1.807) is 20.8 Å². The minimum atomic E-state index is -3.25. The van der Waals surface area contributed by atoms with E-state index in [1.807, 2.05) is 0 Å². The van der Waals surface area contributed by atoms with Gasteiger partial charge >= 0.3 is 0 Å². The number of nitrogens with one attached hydrogen (secondary N) is 1. The van der Waals surface area contributed by atoms with E-state index in [-0.39, 0.29) is 43.6 Å². The second kappa shape index (κ2) is 5.26. The highest BCUT2D eigenvalue weighted by Gasteiger charge is 2.30. The maximum atomic E-state index is 11.9. The van der Waals surface area contributed by atoms with Crippen LogP contribution < -0.4 is 5.32 Å². The van der Waals surface area contributed by atoms with Crippen LogP contribution in [0.1, 0.15) is 27.2 Å². The molecule has 0 atom stereocenters. The van der Waals surface area contributed by atoms with Gasteiger partial charge < -0.3 is 10.2 Å². The lowest BCUT2D eigenvalue weighted by molar-refractivity contribution is -0.129. The van der Waals surface area contributed by atoms with E-state index in [9.17, 15) is 18.0 Å². The van der Waals surface area contributed by atoms with Crippen LogP contribution in [0, 0.1) is 0 Å². The molecular weight excluding hydrogens is 256 g/mol. The molecule has 0 radical (unpaired) electrons. The molecule has 18 heavy (non-hydrogen) atoms. The predicted molar refractivity (Wildman–Crippen MR) is 67.7 cm³/mol. The molecule has 0 saturated carbocycles. The van der Waals surface area contributed by atoms with E-state index >= 15 is 0 Å². The summed E-state index contributed by atoms with van der Waals surface area (Å²) >= 11 is 0. The summed E-state index contributed by atoms with van der Waals surface area (Å²) in [4.78, 5) is 24.2. The highest BCUT2D eigenvalue weighted by atomic mass is 32.2. The van der Waals surface area contributed by atoms with Crippen LogP contribution in [-0.4, -0.2) is 55.3 Å². The zero-order valence-corrected chi connectivity index (χ0v) is 11.8. The van der Waals surface area contributed by atoms with Gasteiger partial charge in [0.05, 0.1) is 17.0 Å². The van der Waals surface area contributed by atoms with Gasteiger partial charge in [-0.05, 0) is 20.8 Å². The largest absolute Gasteiger partial charge is 0.347 e. The Kier molecular flexibility index (Phi) is 4.37. The molecule has 0 bridgehead atoms. The van der Waals surface area contributed by atoms with Crippen molar-refractivity contribution in [2.24, 2.45) is 0 Å². The number of carbonyl (C=O) groups excluding carboxylic acids is 2. The van der Waals surface area contributed by atoms with Crippen molar-refractivity contribution in [3.05, 3.63) is 0 Å². The summed E-state index contributed by atoms with van der Waals surface area (Å²) in [6.45, 7) is 5.29. The molecule has 2 amide bonds. The van der Waals surface area contributed by atoms with Gasteiger partial charge in [-0.15, -0.1) is 0 Å². The number of carbonyl (C=O) groups is 2. The first-order chi connectivity index (χ1) is 8.13. The van der Waals surface area contributed by atoms with Crippen LogP contribution in [0.15, 0.2) is 0 Å². The van der Waals surface area contributed by atoms with E-state index < -0.39 is 14.6 Å². The average Bonchev–Trinajstić information content (AvgIpc) is 2.38. The Bertz CT molecular complexity index is 436. The van der Waals surface area contributed by atoms with Gasteiger partial charge in [0.2, 0.25) is 11.8 Å². The van der Waals surface area contributed by atoms with Crippen molar-refractivity contribution >= 4 is 21.7 Å². The average molecular weight is 276 g/mol. The van der Waals surface area contributed by atoms with Crippen molar-refractivity contribution in [1.82, 2.24) is 10.2 Å². The van der Waals surface area contributed by atoms with Gasteiger partial charge in [0.25, 0.3) is 0 Å². The second-order valence-corrected chi connectivity index (χ2v) is 8.20. The fourth-order valence-electron chi connectivity index (χ4n) is 1.51. The summed E-state index contributed by atoms with van der Waals surface area (Å²) in [5, 5.41) is 2.47. The second-order valence-electron chi connectivity index (χ2n) is 5.34. The van der Waals surface area contributed by atoms with Crippen LogP contribution in [-0.2, 0) is 19.4 Å². The Hall–Kier alpha value is -1.11. The van der Waals surface area contributed by atoms with Crippen LogP contribution in [0.3, 0.4) is 0 Å². The highest BCUT2D eigenvalue weighted by Crippen LogP contribution is 2.16. The molecule has 0 aliphatic carbocycles. The maximum Gasteiger partial charge on any atom is 0.242 e. The summed E-state index contributed by atoms with van der Waals surface area (Å²) in [6.07, 6.45) is 0.224. The molecule has 7 heteroatoms. The van der Waals surface area contributed by atoms with E-state index in [0.717, 1.165) is 0 Å². The predicted octanol–water partition coefficient (Wildman–Crippen LogP) is -0.452. The maximum absolute atomic E-state index is 11.9. The van der Waals surface area contributed by atoms with E-state index in [0.29, 0.717) is 0 Å². The molecule has 0 aromatic heterocycles. The van der Waals surface area contributed by atoms with E-state index in [4.69, 9.17) is 0 Å². The Labute approximate surface area is 108 Å². The van der Waals surface area contributed by atoms with Crippen molar-refractivity contribution in [1.29, 1.82) is 0 Å². The lowest BCUT2D eigenvalue weighted by atomic mass is 10.3. The van der Waals surface area contributed by atoms with Crippen LogP contribution in [0.25, 0.3) is 0 Å². The molecule has 1 aliphatic heterocycles. The molecule has 1 rings (SSSR count). The molecule has 0 aromatic rings. The zero-order chi connectivity index (χ0) is 14.0. The van der Waals surface area contributed by atoms with Crippen LogP contribution >= 0.6 is 0 Å². The van der Waals surface area contributed by atoms with Crippen molar-refractivity contribution in [3.8, 4) is 0 Å². The summed E-state index contributed by atoms with van der Waals surface area (Å²) in [6, 6.07) is 0. The third-order valence-electron chi connectivity index (χ3n) is 2.96. The molecule has 6 nitrogen and oxygen atoms in total. The number of rotatable bonds is 3. The van der Waals surface area contributed by atoms with Crippen LogP contribution in [0.2, 0.25) is 0 Å². The third-order valence-corrected chi connectivity index (χ3v) is 5.55. The topological polar surface area (TPSA) is 83.6 Å². The molecule has 1 N–H and O–H groups in total. The molecule has 1 heterocycles. The summed E-state index contributed by atoms with van der Waals surface area (Å²) in [5.41, 5.74) is 0. The monoisotopic (exact) mass is 276 g/mol. The zero-order valence-electron chi connectivity index (χ0n) is 11.0. The Morgan fingerprint density at radius 2 is 1.89 bits per heavy atom. The molecule has 0 aromatic carbocycles. The van der Waals surface area contributed by atoms with Crippen molar-refractivity contribution in [2.45, 2.75) is 31.9 Å². The number of sulfone groups is 1. The first kappa shape index (κ1) is 14.9. The molecule has 104 valence electrons. The molecule has 0 spiro atoms. The number of amides is 2. The number of hydrogen-bond acceptors (Lipinski definition) is 4. The van der Waals surface area contributed by atoms with Gasteiger partial charge in [0.15, 0.2) is 9.84 Å². The number of hydrogen-bond donors (Lipinski definition) is 1. The summed E-state index contributed by atoms with van der Waals surface area (Å²) < 4.78 is 23.0. The van der Waals surface area contributed by atoms with Crippen LogP contribution in [0.4, 0.5) is 0 Å². The Morgan fingerprint density at radius 1 is 1.28 bits per heavy atom. The molecule has 1 fully saturated rings. The lowest BCUT2D eigenvalue weighted by Gasteiger charge is -2.23. The van der Waals surface area contributed by atoms with Gasteiger partial charge in [0.1, 0.15) is 0 Å².